The molecule has 0 atom stereocenters. The minimum atomic E-state index is -0.126. The van der Waals surface area contributed by atoms with Gasteiger partial charge >= 0.3 is 0 Å². The molecule has 2 aromatic rings. The molecule has 0 saturated heterocycles. The number of amides is 1. The zero-order valence-corrected chi connectivity index (χ0v) is 12.6. The molecule has 0 aliphatic rings. The van der Waals surface area contributed by atoms with Crippen molar-refractivity contribution in [2.45, 2.75) is 11.4 Å². The van der Waals surface area contributed by atoms with E-state index in [1.807, 2.05) is 12.1 Å². The van der Waals surface area contributed by atoms with Gasteiger partial charge in [-0.25, -0.2) is 4.98 Å². The fraction of sp³-hybridized carbons (Fsp3) is 0.133. The van der Waals surface area contributed by atoms with Crippen LogP contribution in [0.5, 0.6) is 0 Å². The van der Waals surface area contributed by atoms with Gasteiger partial charge in [-0.1, -0.05) is 23.7 Å². The highest BCUT2D eigenvalue weighted by Gasteiger charge is 2.06. The van der Waals surface area contributed by atoms with Crippen LogP contribution in [0.2, 0.25) is 5.02 Å². The van der Waals surface area contributed by atoms with Crippen molar-refractivity contribution >= 4 is 35.0 Å². The largest absolute Gasteiger partial charge is 0.325 e. The van der Waals surface area contributed by atoms with Crippen molar-refractivity contribution in [1.82, 2.24) is 4.98 Å². The summed E-state index contributed by atoms with van der Waals surface area (Å²) >= 11 is 7.24. The Morgan fingerprint density at radius 1 is 1.33 bits per heavy atom. The van der Waals surface area contributed by atoms with E-state index in [2.05, 4.69) is 10.3 Å². The number of carbonyl (C=O) groups is 1. The number of halogens is 1. The van der Waals surface area contributed by atoms with Gasteiger partial charge in [-0.05, 0) is 24.3 Å². The first kappa shape index (κ1) is 15.4. The first-order valence-electron chi connectivity index (χ1n) is 6.22. The van der Waals surface area contributed by atoms with Gasteiger partial charge in [-0.2, -0.15) is 5.26 Å². The zero-order chi connectivity index (χ0) is 15.1. The number of thioether (sulfide) groups is 1. The lowest BCUT2D eigenvalue weighted by Crippen LogP contribution is -2.13. The maximum absolute atomic E-state index is 11.8. The molecule has 0 saturated carbocycles. The maximum Gasteiger partial charge on any atom is 0.225 e. The second-order valence-electron chi connectivity index (χ2n) is 4.12. The average Bonchev–Trinajstić information content (AvgIpc) is 2.50. The van der Waals surface area contributed by atoms with Crippen molar-refractivity contribution in [1.29, 1.82) is 5.26 Å². The van der Waals surface area contributed by atoms with Crippen LogP contribution in [-0.2, 0) is 4.79 Å². The Labute approximate surface area is 132 Å². The van der Waals surface area contributed by atoms with Crippen LogP contribution < -0.4 is 5.32 Å². The van der Waals surface area contributed by atoms with E-state index in [-0.39, 0.29) is 5.91 Å². The molecule has 0 fully saturated rings. The molecule has 1 N–H and O–H groups in total. The van der Waals surface area contributed by atoms with Crippen LogP contribution in [-0.4, -0.2) is 16.6 Å². The predicted molar refractivity (Wildman–Crippen MR) is 84.4 cm³/mol. The Hall–Kier alpha value is -2.03. The normalized spacial score (nSPS) is 9.90. The topological polar surface area (TPSA) is 65.8 Å². The van der Waals surface area contributed by atoms with Crippen molar-refractivity contribution in [2.24, 2.45) is 0 Å². The van der Waals surface area contributed by atoms with E-state index in [1.165, 1.54) is 11.8 Å². The average molecular weight is 318 g/mol. The highest BCUT2D eigenvalue weighted by Crippen LogP contribution is 2.19. The molecule has 0 aliphatic carbocycles. The Balaban J connectivity index is 1.82. The Morgan fingerprint density at radius 3 is 2.86 bits per heavy atom. The quantitative estimate of drug-likeness (QED) is 0.853. The summed E-state index contributed by atoms with van der Waals surface area (Å²) in [6.45, 7) is 0. The third-order valence-corrected chi connectivity index (χ3v) is 3.77. The minimum absolute atomic E-state index is 0.126. The summed E-state index contributed by atoms with van der Waals surface area (Å²) in [6.07, 6.45) is 1.92. The highest BCUT2D eigenvalue weighted by atomic mass is 35.5. The molecule has 1 aromatic carbocycles. The Morgan fingerprint density at radius 2 is 2.14 bits per heavy atom. The molecule has 1 aromatic heterocycles. The summed E-state index contributed by atoms with van der Waals surface area (Å²) in [7, 11) is 0. The number of pyridine rings is 1. The molecular formula is C15H12ClN3OS. The van der Waals surface area contributed by atoms with Crippen LogP contribution >= 0.6 is 23.4 Å². The molecule has 6 heteroatoms. The van der Waals surface area contributed by atoms with E-state index in [0.717, 1.165) is 5.03 Å². The molecule has 1 heterocycles. The van der Waals surface area contributed by atoms with Gasteiger partial charge in [0, 0.05) is 18.4 Å². The number of carbonyl (C=O) groups excluding carboxylic acids is 1. The number of anilines is 1. The third kappa shape index (κ3) is 4.78. The number of nitrogens with one attached hydrogen (secondary N) is 1. The first-order valence-corrected chi connectivity index (χ1v) is 7.59. The van der Waals surface area contributed by atoms with Crippen LogP contribution in [0, 0.1) is 11.3 Å². The monoisotopic (exact) mass is 317 g/mol. The van der Waals surface area contributed by atoms with Crippen molar-refractivity contribution in [3.63, 3.8) is 0 Å². The second-order valence-corrected chi connectivity index (χ2v) is 5.67. The van der Waals surface area contributed by atoms with Crippen LogP contribution in [0.4, 0.5) is 5.69 Å². The van der Waals surface area contributed by atoms with E-state index in [1.54, 1.807) is 36.5 Å². The predicted octanol–water partition coefficient (Wildman–Crippen LogP) is 3.73. The second kappa shape index (κ2) is 7.67. The molecule has 0 unspecified atom stereocenters. The van der Waals surface area contributed by atoms with Gasteiger partial charge in [-0.15, -0.1) is 11.8 Å². The number of nitriles is 1. The lowest BCUT2D eigenvalue weighted by Gasteiger charge is -2.06. The van der Waals surface area contributed by atoms with Crippen molar-refractivity contribution in [2.75, 3.05) is 11.1 Å². The molecule has 0 aliphatic heterocycles. The van der Waals surface area contributed by atoms with Gasteiger partial charge in [0.05, 0.1) is 21.3 Å². The van der Waals surface area contributed by atoms with E-state index >= 15 is 0 Å². The molecule has 1 amide bonds. The van der Waals surface area contributed by atoms with Crippen LogP contribution in [0.15, 0.2) is 47.6 Å². The third-order valence-electron chi connectivity index (χ3n) is 2.60. The van der Waals surface area contributed by atoms with Crippen LogP contribution in [0.1, 0.15) is 12.0 Å². The van der Waals surface area contributed by atoms with E-state index in [4.69, 9.17) is 16.9 Å². The number of nitrogens with zero attached hydrogens (tertiary/aromatic N) is 2. The van der Waals surface area contributed by atoms with E-state index in [0.29, 0.717) is 28.4 Å². The van der Waals surface area contributed by atoms with Gasteiger partial charge in [0.1, 0.15) is 6.07 Å². The highest BCUT2D eigenvalue weighted by molar-refractivity contribution is 7.99. The number of hydrogen-bond acceptors (Lipinski definition) is 4. The number of hydrogen-bond donors (Lipinski definition) is 1. The molecule has 21 heavy (non-hydrogen) atoms. The minimum Gasteiger partial charge on any atom is -0.325 e. The smallest absolute Gasteiger partial charge is 0.225 e. The zero-order valence-electron chi connectivity index (χ0n) is 11.0. The summed E-state index contributed by atoms with van der Waals surface area (Å²) < 4.78 is 0. The van der Waals surface area contributed by atoms with Gasteiger partial charge in [0.15, 0.2) is 0 Å². The SMILES string of the molecule is N#Cc1ccccc1NC(=O)CCSc1ccc(Cl)cn1. The molecule has 4 nitrogen and oxygen atoms in total. The summed E-state index contributed by atoms with van der Waals surface area (Å²) in [4.78, 5) is 16.0. The van der Waals surface area contributed by atoms with Gasteiger partial charge in [0.25, 0.3) is 0 Å². The summed E-state index contributed by atoms with van der Waals surface area (Å²) in [5, 5.41) is 13.1. The van der Waals surface area contributed by atoms with Gasteiger partial charge in [0.2, 0.25) is 5.91 Å². The van der Waals surface area contributed by atoms with Crippen LogP contribution in [0.3, 0.4) is 0 Å². The van der Waals surface area contributed by atoms with Crippen molar-refractivity contribution in [3.8, 4) is 6.07 Å². The van der Waals surface area contributed by atoms with E-state index in [9.17, 15) is 4.79 Å². The molecular weight excluding hydrogens is 306 g/mol. The molecule has 0 bridgehead atoms. The Kier molecular flexibility index (Phi) is 5.61. The fourth-order valence-corrected chi connectivity index (χ4v) is 2.50. The molecule has 106 valence electrons. The van der Waals surface area contributed by atoms with E-state index < -0.39 is 0 Å². The molecule has 0 spiro atoms. The lowest BCUT2D eigenvalue weighted by atomic mass is 10.2. The number of aromatic nitrogens is 1. The fourth-order valence-electron chi connectivity index (χ4n) is 1.60. The number of rotatable bonds is 5. The summed E-state index contributed by atoms with van der Waals surface area (Å²) in [5.74, 6) is 0.481. The maximum atomic E-state index is 11.8. The lowest BCUT2D eigenvalue weighted by molar-refractivity contribution is -0.115. The first-order chi connectivity index (χ1) is 10.2. The van der Waals surface area contributed by atoms with Gasteiger partial charge < -0.3 is 5.32 Å². The van der Waals surface area contributed by atoms with Crippen molar-refractivity contribution < 1.29 is 4.79 Å². The summed E-state index contributed by atoms with van der Waals surface area (Å²) in [6, 6.07) is 12.5. The number of para-hydroxylation sites is 1. The Bertz CT molecular complexity index is 667. The van der Waals surface area contributed by atoms with Crippen molar-refractivity contribution in [3.05, 3.63) is 53.2 Å². The number of benzene rings is 1. The van der Waals surface area contributed by atoms with Gasteiger partial charge in [-0.3, -0.25) is 4.79 Å². The molecule has 2 rings (SSSR count). The van der Waals surface area contributed by atoms with Crippen LogP contribution in [0.25, 0.3) is 0 Å². The molecule has 0 radical (unpaired) electrons. The summed E-state index contributed by atoms with van der Waals surface area (Å²) in [5.41, 5.74) is 0.998. The standard InChI is InChI=1S/C15H12ClN3OS/c16-12-5-6-15(18-10-12)21-8-7-14(20)19-13-4-2-1-3-11(13)9-17/h1-6,10H,7-8H2,(H,19,20).